The van der Waals surface area contributed by atoms with Crippen molar-refractivity contribution in [2.75, 3.05) is 0 Å². The van der Waals surface area contributed by atoms with Crippen molar-refractivity contribution in [1.29, 1.82) is 0 Å². The van der Waals surface area contributed by atoms with E-state index in [-0.39, 0.29) is 8.82 Å². The Hall–Kier alpha value is 0.0795. The average Bonchev–Trinajstić information content (AvgIpc) is 1.91. The summed E-state index contributed by atoms with van der Waals surface area (Å²) < 4.78 is 0. The number of nitrogens with two attached hydrogens (primary N) is 1. The Morgan fingerprint density at radius 1 is 1.86 bits per heavy atom. The molecule has 2 N–H and O–H groups in total. The van der Waals surface area contributed by atoms with Crippen molar-refractivity contribution in [2.24, 2.45) is 10.7 Å². The van der Waals surface area contributed by atoms with E-state index >= 15 is 0 Å². The Bertz CT molecular complexity index is 160. The Morgan fingerprint density at radius 2 is 2.57 bits per heavy atom. The van der Waals surface area contributed by atoms with Gasteiger partial charge in [-0.3, -0.25) is 0 Å². The Balaban J connectivity index is 2.89. The summed E-state index contributed by atoms with van der Waals surface area (Å²) in [6, 6.07) is 0. The van der Waals surface area contributed by atoms with Gasteiger partial charge in [0.2, 0.25) is 0 Å². The van der Waals surface area contributed by atoms with Gasteiger partial charge in [-0.2, -0.15) is 0 Å². The molecule has 0 bridgehead atoms. The number of rotatable bonds is 0. The van der Waals surface area contributed by atoms with Gasteiger partial charge in [-0.15, -0.1) is 0 Å². The first-order valence-corrected chi connectivity index (χ1v) is 5.02. The molecule has 1 heterocycles. The van der Waals surface area contributed by atoms with Crippen LogP contribution >= 0.6 is 8.82 Å². The van der Waals surface area contributed by atoms with Gasteiger partial charge < -0.3 is 0 Å². The summed E-state index contributed by atoms with van der Waals surface area (Å²) in [5.74, 6) is 0. The molecule has 0 spiro atoms. The molecule has 0 aromatic carbocycles. The summed E-state index contributed by atoms with van der Waals surface area (Å²) in [7, 11) is 0.00463. The number of aliphatic imine (C=N–C) groups is 1. The van der Waals surface area contributed by atoms with Gasteiger partial charge in [-0.1, -0.05) is 0 Å². The van der Waals surface area contributed by atoms with Crippen LogP contribution in [0.1, 0.15) is 0 Å². The number of amidine groups is 1. The molecule has 38 valence electrons. The van der Waals surface area contributed by atoms with E-state index < -0.39 is 0 Å². The third-order valence-corrected chi connectivity index (χ3v) is 3.25. The number of hydrogen-bond acceptors (Lipinski definition) is 2. The maximum atomic E-state index is 5.35. The van der Waals surface area contributed by atoms with Crippen LogP contribution in [0.2, 0.25) is 0 Å². The molecule has 4 heteroatoms. The topological polar surface area (TPSA) is 38.4 Å². The van der Waals surface area contributed by atoms with Gasteiger partial charge in [-0.25, -0.2) is 0 Å². The SMILES string of the molecule is NC1=NC=CS1=[Se]. The van der Waals surface area contributed by atoms with Gasteiger partial charge in [0.15, 0.2) is 0 Å². The third-order valence-electron chi connectivity index (χ3n) is 0.592. The van der Waals surface area contributed by atoms with E-state index in [9.17, 15) is 0 Å². The molecule has 0 aliphatic carbocycles. The first kappa shape index (κ1) is 5.22. The molecule has 1 atom stereocenters. The molecule has 0 aromatic rings. The van der Waals surface area contributed by atoms with Crippen LogP contribution in [0.15, 0.2) is 16.6 Å². The van der Waals surface area contributed by atoms with Crippen LogP contribution in [0.4, 0.5) is 0 Å². The van der Waals surface area contributed by atoms with Crippen LogP contribution in [0, 0.1) is 0 Å². The molecule has 0 radical (unpaired) electrons. The summed E-state index contributed by atoms with van der Waals surface area (Å²) >= 11 is 2.87. The van der Waals surface area contributed by atoms with Crippen LogP contribution in [0.3, 0.4) is 0 Å². The molecule has 1 unspecified atom stereocenters. The second-order valence-electron chi connectivity index (χ2n) is 1.05. The summed E-state index contributed by atoms with van der Waals surface area (Å²) in [5.41, 5.74) is 5.35. The van der Waals surface area contributed by atoms with E-state index in [1.165, 1.54) is 0 Å². The van der Waals surface area contributed by atoms with Crippen molar-refractivity contribution in [3.63, 3.8) is 0 Å². The summed E-state index contributed by atoms with van der Waals surface area (Å²) in [4.78, 5) is 3.81. The quantitative estimate of drug-likeness (QED) is 0.527. The maximum absolute atomic E-state index is 5.35. The fraction of sp³-hybridized carbons (Fsp3) is 0. The molecular weight excluding hydrogens is 175 g/mol. The van der Waals surface area contributed by atoms with Crippen molar-refractivity contribution in [3.8, 4) is 0 Å². The summed E-state index contributed by atoms with van der Waals surface area (Å²) in [6.45, 7) is 0. The fourth-order valence-electron chi connectivity index (χ4n) is 0.281. The third kappa shape index (κ3) is 0.996. The Kier molecular flexibility index (Phi) is 1.42. The van der Waals surface area contributed by atoms with Crippen molar-refractivity contribution in [3.05, 3.63) is 11.6 Å². The average molecular weight is 179 g/mol. The van der Waals surface area contributed by atoms with Crippen LogP contribution in [-0.4, -0.2) is 19.6 Å². The fourth-order valence-corrected chi connectivity index (χ4v) is 1.34. The standard InChI is InChI=1S/C3H4N2SSe/c4-3-5-1-2-6(3)7/h1-2H,(H2,4,5). The molecule has 0 aromatic heterocycles. The van der Waals surface area contributed by atoms with Crippen LogP contribution in [0.5, 0.6) is 0 Å². The molecule has 1 rings (SSSR count). The molecule has 1 aliphatic heterocycles. The van der Waals surface area contributed by atoms with Gasteiger partial charge in [0.05, 0.1) is 0 Å². The monoisotopic (exact) mass is 180 g/mol. The van der Waals surface area contributed by atoms with Crippen molar-refractivity contribution in [2.45, 2.75) is 0 Å². The zero-order valence-electron chi connectivity index (χ0n) is 3.50. The minimum atomic E-state index is 0.00463. The van der Waals surface area contributed by atoms with Crippen molar-refractivity contribution in [1.82, 2.24) is 0 Å². The van der Waals surface area contributed by atoms with E-state index in [2.05, 4.69) is 19.4 Å². The number of hydrogen-bond donors (Lipinski definition) is 1. The molecule has 0 saturated heterocycles. The first-order valence-electron chi connectivity index (χ1n) is 1.71. The van der Waals surface area contributed by atoms with E-state index in [0.717, 1.165) is 0 Å². The van der Waals surface area contributed by atoms with Crippen LogP contribution < -0.4 is 5.73 Å². The predicted octanol–water partition coefficient (Wildman–Crippen LogP) is 0.138. The second kappa shape index (κ2) is 1.90. The molecule has 1 aliphatic rings. The van der Waals surface area contributed by atoms with E-state index in [0.29, 0.717) is 5.17 Å². The van der Waals surface area contributed by atoms with Gasteiger partial charge in [0.25, 0.3) is 0 Å². The normalized spacial score (nSPS) is 28.0. The van der Waals surface area contributed by atoms with Crippen molar-refractivity contribution < 1.29 is 0 Å². The summed E-state index contributed by atoms with van der Waals surface area (Å²) in [6.07, 6.45) is 1.72. The molecule has 0 fully saturated rings. The van der Waals surface area contributed by atoms with Crippen LogP contribution in [0.25, 0.3) is 0 Å². The van der Waals surface area contributed by atoms with E-state index in [1.54, 1.807) is 6.20 Å². The molecule has 0 amide bonds. The summed E-state index contributed by atoms with van der Waals surface area (Å²) in [5, 5.41) is 2.63. The first-order chi connectivity index (χ1) is 3.30. The van der Waals surface area contributed by atoms with Gasteiger partial charge in [0.1, 0.15) is 0 Å². The zero-order chi connectivity index (χ0) is 5.28. The Morgan fingerprint density at radius 3 is 2.71 bits per heavy atom. The van der Waals surface area contributed by atoms with E-state index in [1.807, 2.05) is 5.41 Å². The molecule has 0 saturated carbocycles. The van der Waals surface area contributed by atoms with Crippen LogP contribution in [-0.2, 0) is 0 Å². The van der Waals surface area contributed by atoms with Gasteiger partial charge >= 0.3 is 50.7 Å². The van der Waals surface area contributed by atoms with E-state index in [4.69, 9.17) is 5.73 Å². The van der Waals surface area contributed by atoms with Gasteiger partial charge in [-0.05, 0) is 0 Å². The molecular formula is C3H4N2SSe. The predicted molar refractivity (Wildman–Crippen MR) is 34.1 cm³/mol. The minimum absolute atomic E-state index is 0.00463. The molecule has 2 nitrogen and oxygen atoms in total. The number of nitrogens with zero attached hydrogens (tertiary/aromatic N) is 1. The zero-order valence-corrected chi connectivity index (χ0v) is 6.03. The molecule has 7 heavy (non-hydrogen) atoms. The van der Waals surface area contributed by atoms with Crippen molar-refractivity contribution >= 4 is 28.4 Å². The second-order valence-corrected chi connectivity index (χ2v) is 4.60. The Labute approximate surface area is 51.1 Å². The van der Waals surface area contributed by atoms with Gasteiger partial charge in [0, 0.05) is 0 Å².